The minimum Gasteiger partial charge on any atom is -0.378 e. The van der Waals surface area contributed by atoms with Crippen molar-refractivity contribution in [3.05, 3.63) is 34.1 Å². The molecular weight excluding hydrogens is 348 g/mol. The van der Waals surface area contributed by atoms with Crippen LogP contribution in [0.1, 0.15) is 37.8 Å². The van der Waals surface area contributed by atoms with Gasteiger partial charge < -0.3 is 18.7 Å². The van der Waals surface area contributed by atoms with E-state index in [0.29, 0.717) is 69.4 Å². The average molecular weight is 374 g/mol. The number of morpholine rings is 1. The molecule has 0 bridgehead atoms. The van der Waals surface area contributed by atoms with Crippen molar-refractivity contribution in [2.45, 2.75) is 46.1 Å². The Morgan fingerprint density at radius 3 is 2.78 bits per heavy atom. The maximum Gasteiger partial charge on any atom is 0.261 e. The maximum absolute atomic E-state index is 12.6. The van der Waals surface area contributed by atoms with Crippen LogP contribution in [0.3, 0.4) is 0 Å². The number of amides is 1. The number of hydrogen-bond donors (Lipinski definition) is 0. The Labute approximate surface area is 158 Å². The summed E-state index contributed by atoms with van der Waals surface area (Å²) < 4.78 is 12.3. The second kappa shape index (κ2) is 8.94. The lowest BCUT2D eigenvalue weighted by atomic mass is 10.2. The van der Waals surface area contributed by atoms with Gasteiger partial charge in [-0.1, -0.05) is 12.1 Å². The molecule has 1 fully saturated rings. The number of aromatic nitrogens is 3. The van der Waals surface area contributed by atoms with E-state index in [1.165, 1.54) is 0 Å². The SMILES string of the molecule is CCCn1c(C)ccc(-c2noc(CCCC(=O)N3CCOCC3)n2)c1=O. The molecule has 2 aromatic heterocycles. The van der Waals surface area contributed by atoms with Gasteiger partial charge in [0.25, 0.3) is 5.56 Å². The van der Waals surface area contributed by atoms with E-state index in [0.717, 1.165) is 12.1 Å². The topological polar surface area (TPSA) is 90.5 Å². The highest BCUT2D eigenvalue weighted by molar-refractivity contribution is 5.76. The smallest absolute Gasteiger partial charge is 0.261 e. The van der Waals surface area contributed by atoms with Crippen LogP contribution in [0.2, 0.25) is 0 Å². The first-order valence-corrected chi connectivity index (χ1v) is 9.49. The zero-order valence-electron chi connectivity index (χ0n) is 15.9. The van der Waals surface area contributed by atoms with Gasteiger partial charge in [-0.05, 0) is 31.9 Å². The minimum absolute atomic E-state index is 0.105. The number of rotatable bonds is 7. The van der Waals surface area contributed by atoms with Gasteiger partial charge in [0.1, 0.15) is 0 Å². The highest BCUT2D eigenvalue weighted by atomic mass is 16.5. The lowest BCUT2D eigenvalue weighted by Gasteiger charge is -2.26. The van der Waals surface area contributed by atoms with Crippen molar-refractivity contribution in [2.24, 2.45) is 0 Å². The molecule has 1 saturated heterocycles. The summed E-state index contributed by atoms with van der Waals surface area (Å²) in [6, 6.07) is 3.63. The third-order valence-electron chi connectivity index (χ3n) is 4.69. The van der Waals surface area contributed by atoms with Crippen molar-refractivity contribution in [3.63, 3.8) is 0 Å². The van der Waals surface area contributed by atoms with Gasteiger partial charge in [0.15, 0.2) is 0 Å². The molecule has 1 aliphatic rings. The number of nitrogens with zero attached hydrogens (tertiary/aromatic N) is 4. The average Bonchev–Trinajstić information content (AvgIpc) is 3.14. The van der Waals surface area contributed by atoms with Crippen LogP contribution in [0.4, 0.5) is 0 Å². The second-order valence-electron chi connectivity index (χ2n) is 6.70. The number of carbonyl (C=O) groups excluding carboxylic acids is 1. The van der Waals surface area contributed by atoms with Crippen LogP contribution in [-0.2, 0) is 22.5 Å². The molecule has 1 amide bonds. The number of pyridine rings is 1. The standard InChI is InChI=1S/C19H26N4O4/c1-3-9-23-14(2)7-8-15(19(23)25)18-20-16(27-21-18)5-4-6-17(24)22-10-12-26-13-11-22/h7-8H,3-6,9-13H2,1-2H3. The minimum atomic E-state index is -0.105. The summed E-state index contributed by atoms with van der Waals surface area (Å²) in [7, 11) is 0. The van der Waals surface area contributed by atoms with Crippen molar-refractivity contribution in [2.75, 3.05) is 26.3 Å². The van der Waals surface area contributed by atoms with Gasteiger partial charge in [-0.25, -0.2) is 0 Å². The van der Waals surface area contributed by atoms with Crippen LogP contribution >= 0.6 is 0 Å². The highest BCUT2D eigenvalue weighted by Gasteiger charge is 2.18. The van der Waals surface area contributed by atoms with Crippen LogP contribution in [0.5, 0.6) is 0 Å². The summed E-state index contributed by atoms with van der Waals surface area (Å²) in [6.07, 6.45) is 2.45. The summed E-state index contributed by atoms with van der Waals surface area (Å²) in [5.41, 5.74) is 1.25. The zero-order chi connectivity index (χ0) is 19.2. The van der Waals surface area contributed by atoms with Crippen LogP contribution in [0.25, 0.3) is 11.4 Å². The number of ether oxygens (including phenoxy) is 1. The molecule has 8 heteroatoms. The zero-order valence-corrected chi connectivity index (χ0v) is 15.9. The van der Waals surface area contributed by atoms with Gasteiger partial charge in [-0.2, -0.15) is 4.98 Å². The summed E-state index contributed by atoms with van der Waals surface area (Å²) in [4.78, 5) is 31.0. The van der Waals surface area contributed by atoms with Crippen LogP contribution < -0.4 is 5.56 Å². The van der Waals surface area contributed by atoms with E-state index in [2.05, 4.69) is 10.1 Å². The molecule has 27 heavy (non-hydrogen) atoms. The number of aryl methyl sites for hydroxylation is 2. The Morgan fingerprint density at radius 2 is 2.04 bits per heavy atom. The summed E-state index contributed by atoms with van der Waals surface area (Å²) in [5, 5.41) is 3.95. The van der Waals surface area contributed by atoms with Crippen LogP contribution in [0, 0.1) is 6.92 Å². The van der Waals surface area contributed by atoms with Gasteiger partial charge in [-0.15, -0.1) is 0 Å². The van der Waals surface area contributed by atoms with Gasteiger partial charge in [-0.3, -0.25) is 9.59 Å². The van der Waals surface area contributed by atoms with E-state index in [-0.39, 0.29) is 11.5 Å². The first-order valence-electron chi connectivity index (χ1n) is 9.49. The fourth-order valence-corrected chi connectivity index (χ4v) is 3.17. The maximum atomic E-state index is 12.6. The Morgan fingerprint density at radius 1 is 1.26 bits per heavy atom. The fourth-order valence-electron chi connectivity index (χ4n) is 3.17. The summed E-state index contributed by atoms with van der Waals surface area (Å²) in [6.45, 7) is 7.11. The second-order valence-corrected chi connectivity index (χ2v) is 6.70. The van der Waals surface area contributed by atoms with E-state index in [1.807, 2.05) is 24.8 Å². The molecule has 1 aliphatic heterocycles. The number of hydrogen-bond acceptors (Lipinski definition) is 6. The first-order chi connectivity index (χ1) is 13.1. The van der Waals surface area contributed by atoms with E-state index in [4.69, 9.17) is 9.26 Å². The lowest BCUT2D eigenvalue weighted by Crippen LogP contribution is -2.40. The molecule has 0 aliphatic carbocycles. The van der Waals surface area contributed by atoms with Crippen molar-refractivity contribution in [3.8, 4) is 11.4 Å². The quantitative estimate of drug-likeness (QED) is 0.734. The van der Waals surface area contributed by atoms with Crippen molar-refractivity contribution >= 4 is 5.91 Å². The molecule has 3 rings (SSSR count). The van der Waals surface area contributed by atoms with E-state index in [9.17, 15) is 9.59 Å². The molecule has 146 valence electrons. The third-order valence-corrected chi connectivity index (χ3v) is 4.69. The van der Waals surface area contributed by atoms with Gasteiger partial charge in [0.05, 0.1) is 18.8 Å². The van der Waals surface area contributed by atoms with Gasteiger partial charge in [0.2, 0.25) is 17.6 Å². The van der Waals surface area contributed by atoms with Crippen molar-refractivity contribution in [1.82, 2.24) is 19.6 Å². The Balaban J connectivity index is 1.61. The monoisotopic (exact) mass is 374 g/mol. The highest BCUT2D eigenvalue weighted by Crippen LogP contribution is 2.14. The van der Waals surface area contributed by atoms with E-state index in [1.54, 1.807) is 10.6 Å². The molecule has 0 atom stereocenters. The molecule has 0 aromatic carbocycles. The molecule has 0 unspecified atom stereocenters. The fraction of sp³-hybridized carbons (Fsp3) is 0.579. The van der Waals surface area contributed by atoms with Crippen molar-refractivity contribution < 1.29 is 14.1 Å². The number of carbonyl (C=O) groups is 1. The van der Waals surface area contributed by atoms with Gasteiger partial charge in [0, 0.05) is 38.2 Å². The van der Waals surface area contributed by atoms with E-state index < -0.39 is 0 Å². The van der Waals surface area contributed by atoms with Gasteiger partial charge >= 0.3 is 0 Å². The van der Waals surface area contributed by atoms with Crippen LogP contribution in [-0.4, -0.2) is 51.8 Å². The summed E-state index contributed by atoms with van der Waals surface area (Å²) >= 11 is 0. The normalized spacial score (nSPS) is 14.5. The van der Waals surface area contributed by atoms with Crippen molar-refractivity contribution in [1.29, 1.82) is 0 Å². The first kappa shape index (κ1) is 19.3. The lowest BCUT2D eigenvalue weighted by molar-refractivity contribution is -0.135. The summed E-state index contributed by atoms with van der Waals surface area (Å²) in [5.74, 6) is 0.875. The largest absolute Gasteiger partial charge is 0.378 e. The molecule has 0 N–H and O–H groups in total. The Hall–Kier alpha value is -2.48. The Kier molecular flexibility index (Phi) is 6.39. The van der Waals surface area contributed by atoms with E-state index >= 15 is 0 Å². The molecule has 0 saturated carbocycles. The molecule has 0 radical (unpaired) electrons. The predicted molar refractivity (Wildman–Crippen MR) is 99.4 cm³/mol. The molecule has 2 aromatic rings. The predicted octanol–water partition coefficient (Wildman–Crippen LogP) is 1.80. The molecule has 8 nitrogen and oxygen atoms in total. The molecule has 0 spiro atoms. The Bertz CT molecular complexity index is 836. The molecule has 3 heterocycles. The van der Waals surface area contributed by atoms with Crippen LogP contribution in [0.15, 0.2) is 21.5 Å². The molecular formula is C19H26N4O4. The third kappa shape index (κ3) is 4.63.